The minimum atomic E-state index is -0.706. The number of amides is 2. The molecule has 2 aromatic carbocycles. The number of nitrogens with one attached hydrogen (secondary N) is 2. The molecule has 2 N–H and O–H groups in total. The van der Waals surface area contributed by atoms with Crippen molar-refractivity contribution in [2.75, 3.05) is 11.9 Å². The number of anilines is 1. The molecule has 0 fully saturated rings. The van der Waals surface area contributed by atoms with Gasteiger partial charge in [0.05, 0.1) is 17.3 Å². The largest absolute Gasteiger partial charge is 0.343 e. The summed E-state index contributed by atoms with van der Waals surface area (Å²) in [6, 6.07) is 9.57. The number of aryl methyl sites for hydroxylation is 2. The first kappa shape index (κ1) is 17.0. The van der Waals surface area contributed by atoms with Crippen molar-refractivity contribution in [1.82, 2.24) is 5.32 Å². The topological polar surface area (TPSA) is 58.2 Å². The van der Waals surface area contributed by atoms with Crippen LogP contribution in [0.5, 0.6) is 0 Å². The normalized spacial score (nSPS) is 10.3. The van der Waals surface area contributed by atoms with Gasteiger partial charge in [-0.1, -0.05) is 23.7 Å². The van der Waals surface area contributed by atoms with E-state index >= 15 is 0 Å². The Bertz CT molecular complexity index is 762. The van der Waals surface area contributed by atoms with Crippen LogP contribution < -0.4 is 10.6 Å². The van der Waals surface area contributed by atoms with Gasteiger partial charge >= 0.3 is 0 Å². The van der Waals surface area contributed by atoms with E-state index in [2.05, 4.69) is 10.6 Å². The van der Waals surface area contributed by atoms with E-state index in [1.54, 1.807) is 12.1 Å². The summed E-state index contributed by atoms with van der Waals surface area (Å²) in [6.07, 6.45) is 0. The Morgan fingerprint density at radius 3 is 2.57 bits per heavy atom. The van der Waals surface area contributed by atoms with E-state index in [1.807, 2.05) is 19.9 Å². The van der Waals surface area contributed by atoms with Gasteiger partial charge in [-0.2, -0.15) is 0 Å². The van der Waals surface area contributed by atoms with Crippen LogP contribution in [0.3, 0.4) is 0 Å². The number of carbonyl (C=O) groups excluding carboxylic acids is 2. The average molecular weight is 335 g/mol. The summed E-state index contributed by atoms with van der Waals surface area (Å²) in [5.41, 5.74) is 2.51. The van der Waals surface area contributed by atoms with E-state index in [0.29, 0.717) is 5.56 Å². The Morgan fingerprint density at radius 2 is 1.87 bits per heavy atom. The summed E-state index contributed by atoms with van der Waals surface area (Å²) >= 11 is 5.64. The Morgan fingerprint density at radius 1 is 1.13 bits per heavy atom. The molecule has 0 unspecified atom stereocenters. The summed E-state index contributed by atoms with van der Waals surface area (Å²) < 4.78 is 13.7. The molecule has 0 atom stereocenters. The summed E-state index contributed by atoms with van der Waals surface area (Å²) in [6.45, 7) is 3.59. The molecule has 23 heavy (non-hydrogen) atoms. The number of rotatable bonds is 4. The molecule has 0 radical (unpaired) electrons. The first-order valence-electron chi connectivity index (χ1n) is 6.98. The van der Waals surface area contributed by atoms with Crippen LogP contribution in [0.25, 0.3) is 0 Å². The second kappa shape index (κ2) is 7.24. The maximum absolute atomic E-state index is 13.7. The fourth-order valence-electron chi connectivity index (χ4n) is 1.94. The molecule has 0 aromatic heterocycles. The monoisotopic (exact) mass is 334 g/mol. The molecule has 0 aliphatic carbocycles. The lowest BCUT2D eigenvalue weighted by Gasteiger charge is -2.09. The Hall–Kier alpha value is -2.40. The summed E-state index contributed by atoms with van der Waals surface area (Å²) in [4.78, 5) is 23.8. The van der Waals surface area contributed by atoms with Crippen molar-refractivity contribution in [3.63, 3.8) is 0 Å². The second-order valence-electron chi connectivity index (χ2n) is 5.13. The van der Waals surface area contributed by atoms with Gasteiger partial charge in [0.1, 0.15) is 0 Å². The van der Waals surface area contributed by atoms with Crippen molar-refractivity contribution >= 4 is 29.1 Å². The summed E-state index contributed by atoms with van der Waals surface area (Å²) in [7, 11) is 0. The minimum absolute atomic E-state index is 0.0251. The van der Waals surface area contributed by atoms with Crippen LogP contribution in [0.1, 0.15) is 21.5 Å². The van der Waals surface area contributed by atoms with Gasteiger partial charge in [0.25, 0.3) is 5.91 Å². The van der Waals surface area contributed by atoms with E-state index in [-0.39, 0.29) is 23.2 Å². The number of halogens is 2. The van der Waals surface area contributed by atoms with Crippen LogP contribution in [0.2, 0.25) is 5.02 Å². The Kier molecular flexibility index (Phi) is 5.34. The molecule has 4 nitrogen and oxygen atoms in total. The average Bonchev–Trinajstić information content (AvgIpc) is 2.52. The van der Waals surface area contributed by atoms with Gasteiger partial charge in [-0.05, 0) is 49.2 Å². The van der Waals surface area contributed by atoms with E-state index in [0.717, 1.165) is 11.1 Å². The second-order valence-corrected chi connectivity index (χ2v) is 5.54. The third-order valence-electron chi connectivity index (χ3n) is 3.40. The quantitative estimate of drug-likeness (QED) is 0.899. The highest BCUT2D eigenvalue weighted by molar-refractivity contribution is 6.31. The number of benzene rings is 2. The molecule has 0 aliphatic heterocycles. The molecule has 2 rings (SSSR count). The van der Waals surface area contributed by atoms with Crippen LogP contribution in [-0.2, 0) is 4.79 Å². The van der Waals surface area contributed by atoms with E-state index in [9.17, 15) is 14.0 Å². The van der Waals surface area contributed by atoms with Crippen LogP contribution in [0.15, 0.2) is 36.4 Å². The minimum Gasteiger partial charge on any atom is -0.343 e. The van der Waals surface area contributed by atoms with Crippen LogP contribution in [-0.4, -0.2) is 18.4 Å². The van der Waals surface area contributed by atoms with Crippen LogP contribution >= 0.6 is 11.6 Å². The molecule has 120 valence electrons. The molecule has 0 saturated carbocycles. The summed E-state index contributed by atoms with van der Waals surface area (Å²) in [5.74, 6) is -1.61. The molecular formula is C17H16ClFN2O2. The molecule has 0 bridgehead atoms. The number of hydrogen-bond donors (Lipinski definition) is 2. The molecule has 2 aromatic rings. The zero-order valence-electron chi connectivity index (χ0n) is 12.7. The molecular weight excluding hydrogens is 319 g/mol. The lowest BCUT2D eigenvalue weighted by atomic mass is 10.1. The maximum Gasteiger partial charge on any atom is 0.251 e. The molecule has 6 heteroatoms. The Labute approximate surface area is 138 Å². The van der Waals surface area contributed by atoms with E-state index in [1.165, 1.54) is 18.2 Å². The first-order chi connectivity index (χ1) is 10.9. The Balaban J connectivity index is 1.94. The molecule has 0 aliphatic rings. The SMILES string of the molecule is Cc1ccc(C(=O)NCC(=O)Nc2cccc(Cl)c2F)cc1C. The third-order valence-corrected chi connectivity index (χ3v) is 3.70. The van der Waals surface area contributed by atoms with Gasteiger partial charge in [-0.3, -0.25) is 9.59 Å². The van der Waals surface area contributed by atoms with Gasteiger partial charge in [0.15, 0.2) is 5.82 Å². The van der Waals surface area contributed by atoms with E-state index < -0.39 is 11.7 Å². The smallest absolute Gasteiger partial charge is 0.251 e. The predicted molar refractivity (Wildman–Crippen MR) is 88.3 cm³/mol. The van der Waals surface area contributed by atoms with Crippen molar-refractivity contribution < 1.29 is 14.0 Å². The van der Waals surface area contributed by atoms with Gasteiger partial charge in [-0.25, -0.2) is 4.39 Å². The highest BCUT2D eigenvalue weighted by Gasteiger charge is 2.12. The highest BCUT2D eigenvalue weighted by atomic mass is 35.5. The van der Waals surface area contributed by atoms with Crippen molar-refractivity contribution in [2.24, 2.45) is 0 Å². The van der Waals surface area contributed by atoms with E-state index in [4.69, 9.17) is 11.6 Å². The molecule has 0 heterocycles. The van der Waals surface area contributed by atoms with Gasteiger partial charge in [0.2, 0.25) is 5.91 Å². The maximum atomic E-state index is 13.7. The lowest BCUT2D eigenvalue weighted by Crippen LogP contribution is -2.33. The van der Waals surface area contributed by atoms with Crippen LogP contribution in [0.4, 0.5) is 10.1 Å². The van der Waals surface area contributed by atoms with Crippen molar-refractivity contribution in [1.29, 1.82) is 0 Å². The van der Waals surface area contributed by atoms with Gasteiger partial charge in [-0.15, -0.1) is 0 Å². The standard InChI is InChI=1S/C17H16ClFN2O2/c1-10-6-7-12(8-11(10)2)17(23)20-9-15(22)21-14-5-3-4-13(18)16(14)19/h3-8H,9H2,1-2H3,(H,20,23)(H,21,22). The summed E-state index contributed by atoms with van der Waals surface area (Å²) in [5, 5.41) is 4.78. The van der Waals surface area contributed by atoms with Gasteiger partial charge < -0.3 is 10.6 Å². The van der Waals surface area contributed by atoms with Gasteiger partial charge in [0, 0.05) is 5.56 Å². The number of carbonyl (C=O) groups is 2. The van der Waals surface area contributed by atoms with Crippen molar-refractivity contribution in [2.45, 2.75) is 13.8 Å². The fourth-order valence-corrected chi connectivity index (χ4v) is 2.11. The number of hydrogen-bond acceptors (Lipinski definition) is 2. The third kappa shape index (κ3) is 4.29. The zero-order chi connectivity index (χ0) is 17.0. The highest BCUT2D eigenvalue weighted by Crippen LogP contribution is 2.21. The zero-order valence-corrected chi connectivity index (χ0v) is 13.5. The molecule has 0 spiro atoms. The molecule has 2 amide bonds. The van der Waals surface area contributed by atoms with Crippen molar-refractivity contribution in [3.05, 3.63) is 63.9 Å². The van der Waals surface area contributed by atoms with Crippen LogP contribution in [0, 0.1) is 19.7 Å². The lowest BCUT2D eigenvalue weighted by molar-refractivity contribution is -0.115. The fraction of sp³-hybridized carbons (Fsp3) is 0.176. The predicted octanol–water partition coefficient (Wildman–Crippen LogP) is 3.46. The van der Waals surface area contributed by atoms with Crippen molar-refractivity contribution in [3.8, 4) is 0 Å². The first-order valence-corrected chi connectivity index (χ1v) is 7.35. The molecule has 0 saturated heterocycles.